The van der Waals surface area contributed by atoms with E-state index in [0.29, 0.717) is 11.7 Å². The fourth-order valence-electron chi connectivity index (χ4n) is 2.40. The van der Waals surface area contributed by atoms with E-state index < -0.39 is 5.97 Å². The first-order valence-electron chi connectivity index (χ1n) is 7.69. The number of carboxylic acids is 1. The van der Waals surface area contributed by atoms with Crippen LogP contribution >= 0.6 is 11.8 Å². The van der Waals surface area contributed by atoms with Crippen molar-refractivity contribution in [2.45, 2.75) is 43.5 Å². The second-order valence-electron chi connectivity index (χ2n) is 5.53. The van der Waals surface area contributed by atoms with Crippen LogP contribution < -0.4 is 5.32 Å². The zero-order chi connectivity index (χ0) is 17.5. The van der Waals surface area contributed by atoms with Gasteiger partial charge < -0.3 is 15.0 Å². The fraction of sp³-hybridized carbons (Fsp3) is 0.643. The van der Waals surface area contributed by atoms with Crippen molar-refractivity contribution in [3.63, 3.8) is 0 Å². The average Bonchev–Trinajstić information content (AvgIpc) is 3.11. The molecule has 1 aliphatic rings. The number of aryl methyl sites for hydroxylation is 1. The van der Waals surface area contributed by atoms with Crippen molar-refractivity contribution in [2.24, 2.45) is 7.05 Å². The lowest BCUT2D eigenvalue weighted by Crippen LogP contribution is -2.27. The van der Waals surface area contributed by atoms with Crippen LogP contribution in [-0.4, -0.2) is 49.2 Å². The Morgan fingerprint density at radius 3 is 2.62 bits per heavy atom. The molecule has 1 aliphatic heterocycles. The molecule has 0 atom stereocenters. The molecule has 2 N–H and O–H groups in total. The van der Waals surface area contributed by atoms with Gasteiger partial charge in [0.2, 0.25) is 0 Å². The number of hydrogen-bond acceptors (Lipinski definition) is 8. The summed E-state index contributed by atoms with van der Waals surface area (Å²) in [6.45, 7) is 5.09. The largest absolute Gasteiger partial charge is 0.481 e. The first kappa shape index (κ1) is 18.4. The Balaban J connectivity index is 0.000000471. The van der Waals surface area contributed by atoms with Crippen molar-refractivity contribution >= 4 is 17.7 Å². The van der Waals surface area contributed by atoms with Crippen LogP contribution in [0, 0.1) is 6.92 Å². The molecule has 0 aromatic carbocycles. The lowest BCUT2D eigenvalue weighted by molar-refractivity contribution is -0.134. The van der Waals surface area contributed by atoms with Crippen molar-refractivity contribution in [1.29, 1.82) is 0 Å². The van der Waals surface area contributed by atoms with Crippen LogP contribution in [0.1, 0.15) is 42.9 Å². The maximum atomic E-state index is 9.00. The van der Waals surface area contributed by atoms with E-state index in [1.807, 2.05) is 14.0 Å². The number of piperidine rings is 1. The number of aromatic nitrogens is 5. The van der Waals surface area contributed by atoms with Crippen molar-refractivity contribution in [3.05, 3.63) is 17.2 Å². The van der Waals surface area contributed by atoms with Gasteiger partial charge in [-0.05, 0) is 32.9 Å². The van der Waals surface area contributed by atoms with Crippen LogP contribution in [0.15, 0.2) is 9.79 Å². The quantitative estimate of drug-likeness (QED) is 0.784. The van der Waals surface area contributed by atoms with Gasteiger partial charge in [-0.25, -0.2) is 4.63 Å². The summed E-state index contributed by atoms with van der Waals surface area (Å²) in [5, 5.41) is 28.0. The van der Waals surface area contributed by atoms with Gasteiger partial charge in [0.05, 0.1) is 0 Å². The second-order valence-corrected chi connectivity index (χ2v) is 6.47. The van der Waals surface area contributed by atoms with Gasteiger partial charge in [0, 0.05) is 25.6 Å². The molecule has 2 aromatic rings. The summed E-state index contributed by atoms with van der Waals surface area (Å²) in [5.74, 6) is 1.47. The molecule has 24 heavy (non-hydrogen) atoms. The third kappa shape index (κ3) is 5.03. The molecule has 0 amide bonds. The normalized spacial score (nSPS) is 15.0. The van der Waals surface area contributed by atoms with Gasteiger partial charge in [0.1, 0.15) is 17.2 Å². The van der Waals surface area contributed by atoms with E-state index in [-0.39, 0.29) is 0 Å². The van der Waals surface area contributed by atoms with Gasteiger partial charge >= 0.3 is 0 Å². The standard InChI is InChI=1S/C12H18N6OS.C2H4O2/c1-8-10(17-19-16-8)7-20-12-15-14-11(18(12)2)9-3-5-13-6-4-9;1-2(3)4/h9,13H,3-7H2,1-2H3;1H3,(H,3,4). The lowest BCUT2D eigenvalue weighted by atomic mass is 9.97. The van der Waals surface area contributed by atoms with Gasteiger partial charge in [-0.1, -0.05) is 22.1 Å². The summed E-state index contributed by atoms with van der Waals surface area (Å²) in [6, 6.07) is 0. The molecule has 0 aliphatic carbocycles. The van der Waals surface area contributed by atoms with Crippen LogP contribution in [0.5, 0.6) is 0 Å². The van der Waals surface area contributed by atoms with Crippen molar-refractivity contribution in [3.8, 4) is 0 Å². The van der Waals surface area contributed by atoms with Gasteiger partial charge in [0.15, 0.2) is 5.16 Å². The van der Waals surface area contributed by atoms with Crippen molar-refractivity contribution in [1.82, 2.24) is 30.4 Å². The summed E-state index contributed by atoms with van der Waals surface area (Å²) < 4.78 is 6.80. The number of carbonyl (C=O) groups is 1. The van der Waals surface area contributed by atoms with E-state index in [0.717, 1.165) is 55.2 Å². The molecule has 1 fully saturated rings. The SMILES string of the molecule is CC(=O)O.Cc1nonc1CSc1nnc(C2CCNCC2)n1C. The molecule has 0 unspecified atom stereocenters. The van der Waals surface area contributed by atoms with E-state index in [4.69, 9.17) is 14.5 Å². The Morgan fingerprint density at radius 2 is 2.04 bits per heavy atom. The zero-order valence-corrected chi connectivity index (χ0v) is 14.8. The second kappa shape index (κ2) is 8.78. The van der Waals surface area contributed by atoms with E-state index in [2.05, 4.69) is 30.4 Å². The van der Waals surface area contributed by atoms with E-state index in [1.54, 1.807) is 11.8 Å². The van der Waals surface area contributed by atoms with E-state index >= 15 is 0 Å². The Bertz CT molecular complexity index is 661. The minimum absolute atomic E-state index is 0.513. The minimum atomic E-state index is -0.833. The number of carboxylic acid groups (broad SMARTS) is 1. The van der Waals surface area contributed by atoms with Gasteiger partial charge in [0.25, 0.3) is 5.97 Å². The maximum Gasteiger partial charge on any atom is 0.300 e. The number of hydrogen-bond donors (Lipinski definition) is 2. The molecular formula is C14H22N6O3S. The first-order chi connectivity index (χ1) is 11.5. The summed E-state index contributed by atoms with van der Waals surface area (Å²) in [7, 11) is 2.04. The maximum absolute atomic E-state index is 9.00. The van der Waals surface area contributed by atoms with Gasteiger partial charge in [-0.15, -0.1) is 10.2 Å². The third-order valence-corrected chi connectivity index (χ3v) is 4.69. The van der Waals surface area contributed by atoms with E-state index in [1.165, 1.54) is 0 Å². The van der Waals surface area contributed by atoms with Crippen LogP contribution in [0.3, 0.4) is 0 Å². The Morgan fingerprint density at radius 1 is 1.38 bits per heavy atom. The van der Waals surface area contributed by atoms with Crippen LogP contribution in [0.2, 0.25) is 0 Å². The highest BCUT2D eigenvalue weighted by molar-refractivity contribution is 7.98. The molecule has 3 heterocycles. The zero-order valence-electron chi connectivity index (χ0n) is 14.0. The molecule has 0 saturated carbocycles. The average molecular weight is 354 g/mol. The summed E-state index contributed by atoms with van der Waals surface area (Å²) in [5.41, 5.74) is 1.69. The molecule has 10 heteroatoms. The molecule has 0 spiro atoms. The first-order valence-corrected chi connectivity index (χ1v) is 8.68. The molecule has 2 aromatic heterocycles. The highest BCUT2D eigenvalue weighted by Crippen LogP contribution is 2.27. The molecule has 9 nitrogen and oxygen atoms in total. The summed E-state index contributed by atoms with van der Waals surface area (Å²) in [4.78, 5) is 9.00. The van der Waals surface area contributed by atoms with Crippen molar-refractivity contribution < 1.29 is 14.5 Å². The van der Waals surface area contributed by atoms with Gasteiger partial charge in [-0.2, -0.15) is 0 Å². The Labute approximate surface area is 144 Å². The monoisotopic (exact) mass is 354 g/mol. The number of nitrogens with one attached hydrogen (secondary N) is 1. The smallest absolute Gasteiger partial charge is 0.300 e. The van der Waals surface area contributed by atoms with Crippen LogP contribution in [0.25, 0.3) is 0 Å². The molecule has 3 rings (SSSR count). The number of nitrogens with zero attached hydrogens (tertiary/aromatic N) is 5. The predicted octanol–water partition coefficient (Wildman–Crippen LogP) is 1.36. The topological polar surface area (TPSA) is 119 Å². The Hall–Kier alpha value is -1.94. The van der Waals surface area contributed by atoms with Crippen LogP contribution in [-0.2, 0) is 17.6 Å². The fourth-order valence-corrected chi connectivity index (χ4v) is 3.31. The third-order valence-electron chi connectivity index (χ3n) is 3.66. The summed E-state index contributed by atoms with van der Waals surface area (Å²) in [6.07, 6.45) is 2.26. The molecule has 0 radical (unpaired) electrons. The lowest BCUT2D eigenvalue weighted by Gasteiger charge is -2.21. The van der Waals surface area contributed by atoms with Crippen molar-refractivity contribution in [2.75, 3.05) is 13.1 Å². The molecule has 132 valence electrons. The number of aliphatic carboxylic acids is 1. The molecule has 1 saturated heterocycles. The minimum Gasteiger partial charge on any atom is -0.481 e. The Kier molecular flexibility index (Phi) is 6.73. The number of rotatable bonds is 4. The highest BCUT2D eigenvalue weighted by atomic mass is 32.2. The predicted molar refractivity (Wildman–Crippen MR) is 87.8 cm³/mol. The summed E-state index contributed by atoms with van der Waals surface area (Å²) >= 11 is 1.61. The van der Waals surface area contributed by atoms with Crippen LogP contribution in [0.4, 0.5) is 0 Å². The molecular weight excluding hydrogens is 332 g/mol. The van der Waals surface area contributed by atoms with E-state index in [9.17, 15) is 0 Å². The molecule has 0 bridgehead atoms. The highest BCUT2D eigenvalue weighted by Gasteiger charge is 2.22. The van der Waals surface area contributed by atoms with Gasteiger partial charge in [-0.3, -0.25) is 4.79 Å². The number of thioether (sulfide) groups is 1.